The number of ether oxygens (including phenoxy) is 1. The van der Waals surface area contributed by atoms with Gasteiger partial charge in [0.15, 0.2) is 0 Å². The highest BCUT2D eigenvalue weighted by atomic mass is 16.5. The van der Waals surface area contributed by atoms with Crippen LogP contribution >= 0.6 is 0 Å². The molecule has 2 N–H and O–H groups in total. The van der Waals surface area contributed by atoms with Crippen molar-refractivity contribution in [3.05, 3.63) is 59.7 Å². The molecule has 112 valence electrons. The smallest absolute Gasteiger partial charge is 0.130 e. The van der Waals surface area contributed by atoms with Crippen LogP contribution in [0.4, 0.5) is 0 Å². The van der Waals surface area contributed by atoms with Crippen molar-refractivity contribution >= 4 is 0 Å². The molecule has 0 aliphatic heterocycles. The minimum atomic E-state index is 0.125. The molecule has 2 atom stereocenters. The highest BCUT2D eigenvalue weighted by Crippen LogP contribution is 2.33. The van der Waals surface area contributed by atoms with Crippen LogP contribution in [0.25, 0.3) is 0 Å². The van der Waals surface area contributed by atoms with Crippen LogP contribution in [0.1, 0.15) is 44.2 Å². The van der Waals surface area contributed by atoms with Crippen molar-refractivity contribution < 1.29 is 4.74 Å². The van der Waals surface area contributed by atoms with Gasteiger partial charge in [-0.25, -0.2) is 0 Å². The molecule has 0 fully saturated rings. The van der Waals surface area contributed by atoms with Crippen LogP contribution in [-0.2, 0) is 6.42 Å². The molecule has 0 saturated carbocycles. The molecule has 2 heteroatoms. The Morgan fingerprint density at radius 1 is 0.952 bits per heavy atom. The minimum Gasteiger partial charge on any atom is -0.457 e. The summed E-state index contributed by atoms with van der Waals surface area (Å²) in [7, 11) is 0. The maximum absolute atomic E-state index is 6.21. The molecule has 2 aromatic carbocycles. The number of para-hydroxylation sites is 2. The first-order valence-corrected chi connectivity index (χ1v) is 7.72. The van der Waals surface area contributed by atoms with Crippen LogP contribution in [0.5, 0.6) is 11.5 Å². The Kier molecular flexibility index (Phi) is 5.40. The molecule has 2 rings (SSSR count). The second-order valence-electron chi connectivity index (χ2n) is 5.74. The fourth-order valence-corrected chi connectivity index (χ4v) is 2.44. The molecular weight excluding hydrogens is 258 g/mol. The third-order valence-electron chi connectivity index (χ3n) is 3.80. The lowest BCUT2D eigenvalue weighted by molar-refractivity contribution is 0.462. The van der Waals surface area contributed by atoms with Gasteiger partial charge in [0.2, 0.25) is 0 Å². The van der Waals surface area contributed by atoms with Gasteiger partial charge >= 0.3 is 0 Å². The molecule has 0 aliphatic rings. The molecule has 0 radical (unpaired) electrons. The van der Waals surface area contributed by atoms with Crippen LogP contribution in [-0.4, -0.2) is 6.04 Å². The summed E-state index contributed by atoms with van der Waals surface area (Å²) in [6, 6.07) is 16.6. The van der Waals surface area contributed by atoms with Crippen molar-refractivity contribution in [1.29, 1.82) is 0 Å². The van der Waals surface area contributed by atoms with E-state index in [9.17, 15) is 0 Å². The fraction of sp³-hybridized carbons (Fsp3) is 0.368. The average molecular weight is 283 g/mol. The van der Waals surface area contributed by atoms with Gasteiger partial charge in [0, 0.05) is 6.04 Å². The Labute approximate surface area is 127 Å². The zero-order valence-corrected chi connectivity index (χ0v) is 13.2. The van der Waals surface area contributed by atoms with Gasteiger partial charge in [0.1, 0.15) is 11.5 Å². The lowest BCUT2D eigenvalue weighted by Gasteiger charge is -2.17. The summed E-state index contributed by atoms with van der Waals surface area (Å²) in [6.45, 7) is 6.45. The molecule has 21 heavy (non-hydrogen) atoms. The van der Waals surface area contributed by atoms with Gasteiger partial charge < -0.3 is 10.5 Å². The van der Waals surface area contributed by atoms with Crippen LogP contribution < -0.4 is 10.5 Å². The molecule has 0 amide bonds. The molecule has 0 aromatic heterocycles. The quantitative estimate of drug-likeness (QED) is 0.819. The molecule has 2 aromatic rings. The zero-order valence-electron chi connectivity index (χ0n) is 13.2. The SMILES string of the molecule is CCC(C)c1ccccc1Oc1ccccc1CC(C)N. The summed E-state index contributed by atoms with van der Waals surface area (Å²) in [5.41, 5.74) is 8.35. The summed E-state index contributed by atoms with van der Waals surface area (Å²) < 4.78 is 6.21. The van der Waals surface area contributed by atoms with Crippen molar-refractivity contribution in [2.24, 2.45) is 5.73 Å². The van der Waals surface area contributed by atoms with Crippen molar-refractivity contribution in [3.63, 3.8) is 0 Å². The fourth-order valence-electron chi connectivity index (χ4n) is 2.44. The predicted molar refractivity (Wildman–Crippen MR) is 89.0 cm³/mol. The largest absolute Gasteiger partial charge is 0.457 e. The molecule has 2 unspecified atom stereocenters. The Bertz CT molecular complexity index is 577. The maximum Gasteiger partial charge on any atom is 0.130 e. The molecule has 0 spiro atoms. The van der Waals surface area contributed by atoms with Gasteiger partial charge in [0.25, 0.3) is 0 Å². The van der Waals surface area contributed by atoms with Crippen molar-refractivity contribution in [2.75, 3.05) is 0 Å². The van der Waals surface area contributed by atoms with E-state index >= 15 is 0 Å². The molecule has 0 aliphatic carbocycles. The second kappa shape index (κ2) is 7.28. The first-order valence-electron chi connectivity index (χ1n) is 7.72. The molecule has 0 bridgehead atoms. The predicted octanol–water partition coefficient (Wildman–Crippen LogP) is 4.88. The number of nitrogens with two attached hydrogens (primary N) is 1. The van der Waals surface area contributed by atoms with Gasteiger partial charge in [0.05, 0.1) is 0 Å². The number of benzene rings is 2. The van der Waals surface area contributed by atoms with E-state index in [0.717, 1.165) is 29.9 Å². The number of hydrogen-bond donors (Lipinski definition) is 1. The summed E-state index contributed by atoms with van der Waals surface area (Å²) in [5, 5.41) is 0. The van der Waals surface area contributed by atoms with Crippen LogP contribution in [0.3, 0.4) is 0 Å². The van der Waals surface area contributed by atoms with Crippen LogP contribution in [0.15, 0.2) is 48.5 Å². The zero-order chi connectivity index (χ0) is 15.2. The highest BCUT2D eigenvalue weighted by Gasteiger charge is 2.12. The van der Waals surface area contributed by atoms with Crippen molar-refractivity contribution in [2.45, 2.75) is 45.6 Å². The molecule has 0 heterocycles. The monoisotopic (exact) mass is 283 g/mol. The average Bonchev–Trinajstić information content (AvgIpc) is 2.48. The lowest BCUT2D eigenvalue weighted by Crippen LogP contribution is -2.18. The molecule has 0 saturated heterocycles. The number of hydrogen-bond acceptors (Lipinski definition) is 2. The lowest BCUT2D eigenvalue weighted by atomic mass is 9.98. The third-order valence-corrected chi connectivity index (χ3v) is 3.80. The van der Waals surface area contributed by atoms with Gasteiger partial charge in [-0.05, 0) is 48.9 Å². The summed E-state index contributed by atoms with van der Waals surface area (Å²) in [5.74, 6) is 2.34. The van der Waals surface area contributed by atoms with Crippen LogP contribution in [0, 0.1) is 0 Å². The Morgan fingerprint density at radius 3 is 2.24 bits per heavy atom. The Morgan fingerprint density at radius 2 is 1.57 bits per heavy atom. The van der Waals surface area contributed by atoms with Gasteiger partial charge in [-0.3, -0.25) is 0 Å². The van der Waals surface area contributed by atoms with Crippen molar-refractivity contribution in [3.8, 4) is 11.5 Å². The maximum atomic E-state index is 6.21. The van der Waals surface area contributed by atoms with Gasteiger partial charge in [-0.2, -0.15) is 0 Å². The van der Waals surface area contributed by atoms with E-state index < -0.39 is 0 Å². The third kappa shape index (κ3) is 4.08. The van der Waals surface area contributed by atoms with Gasteiger partial charge in [-0.1, -0.05) is 50.2 Å². The van der Waals surface area contributed by atoms with E-state index in [1.807, 2.05) is 37.3 Å². The summed E-state index contributed by atoms with van der Waals surface area (Å²) >= 11 is 0. The van der Waals surface area contributed by atoms with Gasteiger partial charge in [-0.15, -0.1) is 0 Å². The standard InChI is InChI=1S/C19H25NO/c1-4-14(2)17-10-6-8-12-19(17)21-18-11-7-5-9-16(18)13-15(3)20/h5-12,14-15H,4,13,20H2,1-3H3. The first kappa shape index (κ1) is 15.6. The summed E-state index contributed by atoms with van der Waals surface area (Å²) in [6.07, 6.45) is 1.92. The normalized spacial score (nSPS) is 13.7. The Balaban J connectivity index is 2.30. The first-order chi connectivity index (χ1) is 10.1. The number of rotatable bonds is 6. The van der Waals surface area contributed by atoms with E-state index in [1.165, 1.54) is 5.56 Å². The van der Waals surface area contributed by atoms with Crippen molar-refractivity contribution in [1.82, 2.24) is 0 Å². The van der Waals surface area contributed by atoms with E-state index in [0.29, 0.717) is 5.92 Å². The molecular formula is C19H25NO. The van der Waals surface area contributed by atoms with E-state index in [1.54, 1.807) is 0 Å². The van der Waals surface area contributed by atoms with E-state index in [-0.39, 0.29) is 6.04 Å². The second-order valence-corrected chi connectivity index (χ2v) is 5.74. The topological polar surface area (TPSA) is 35.2 Å². The van der Waals surface area contributed by atoms with E-state index in [2.05, 4.69) is 32.0 Å². The van der Waals surface area contributed by atoms with Crippen LogP contribution in [0.2, 0.25) is 0 Å². The minimum absolute atomic E-state index is 0.125. The summed E-state index contributed by atoms with van der Waals surface area (Å²) in [4.78, 5) is 0. The highest BCUT2D eigenvalue weighted by molar-refractivity contribution is 5.42. The van der Waals surface area contributed by atoms with E-state index in [4.69, 9.17) is 10.5 Å². The molecule has 2 nitrogen and oxygen atoms in total. The Hall–Kier alpha value is -1.80.